The van der Waals surface area contributed by atoms with E-state index in [0.29, 0.717) is 19.4 Å². The molecule has 0 aliphatic rings. The van der Waals surface area contributed by atoms with Crippen LogP contribution in [0.1, 0.15) is 24.0 Å². The summed E-state index contributed by atoms with van der Waals surface area (Å²) in [5.74, 6) is -0.0128. The molecule has 1 rings (SSSR count). The number of rotatable bonds is 7. The van der Waals surface area contributed by atoms with Crippen molar-refractivity contribution in [2.45, 2.75) is 25.9 Å². The fourth-order valence-electron chi connectivity index (χ4n) is 1.83. The molecule has 0 saturated heterocycles. The summed E-state index contributed by atoms with van der Waals surface area (Å²) in [6.07, 6.45) is 1.41. The van der Waals surface area contributed by atoms with Gasteiger partial charge in [-0.2, -0.15) is 0 Å². The van der Waals surface area contributed by atoms with Crippen LogP contribution in [0.25, 0.3) is 0 Å². The number of methoxy groups -OCH3 is 2. The van der Waals surface area contributed by atoms with Gasteiger partial charge in [0.25, 0.3) is 0 Å². The number of benzene rings is 1. The van der Waals surface area contributed by atoms with E-state index in [2.05, 4.69) is 15.9 Å². The maximum absolute atomic E-state index is 10.5. The normalized spacial score (nSPS) is 10.4. The third-order valence-corrected chi connectivity index (χ3v) is 3.06. The van der Waals surface area contributed by atoms with Crippen molar-refractivity contribution >= 4 is 21.9 Å². The van der Waals surface area contributed by atoms with Crippen molar-refractivity contribution in [3.8, 4) is 5.75 Å². The van der Waals surface area contributed by atoms with E-state index < -0.39 is 5.97 Å². The molecule has 4 nitrogen and oxygen atoms in total. The second-order valence-corrected chi connectivity index (χ2v) is 4.84. The predicted molar refractivity (Wildman–Crippen MR) is 72.0 cm³/mol. The van der Waals surface area contributed by atoms with Crippen LogP contribution in [-0.4, -0.2) is 25.3 Å². The lowest BCUT2D eigenvalue weighted by Crippen LogP contribution is -2.02. The Bertz CT molecular complexity index is 418. The van der Waals surface area contributed by atoms with Crippen molar-refractivity contribution < 1.29 is 19.4 Å². The lowest BCUT2D eigenvalue weighted by atomic mass is 10.0. The Morgan fingerprint density at radius 3 is 2.67 bits per heavy atom. The van der Waals surface area contributed by atoms with E-state index in [0.717, 1.165) is 21.3 Å². The third kappa shape index (κ3) is 4.31. The summed E-state index contributed by atoms with van der Waals surface area (Å²) in [5, 5.41) is 8.67. The molecule has 0 spiro atoms. The standard InChI is InChI=1S/C13H17BrO4/c1-17-8-9-6-10(14)7-12(18-2)11(9)4-3-5-13(15)16/h6-7H,3-5,8H2,1-2H3,(H,15,16). The summed E-state index contributed by atoms with van der Waals surface area (Å²) < 4.78 is 11.4. The third-order valence-electron chi connectivity index (χ3n) is 2.60. The smallest absolute Gasteiger partial charge is 0.303 e. The molecule has 18 heavy (non-hydrogen) atoms. The van der Waals surface area contributed by atoms with Crippen LogP contribution in [0.15, 0.2) is 16.6 Å². The Balaban J connectivity index is 2.93. The molecule has 5 heteroatoms. The summed E-state index contributed by atoms with van der Waals surface area (Å²) >= 11 is 3.42. The van der Waals surface area contributed by atoms with Crippen molar-refractivity contribution in [2.75, 3.05) is 14.2 Å². The number of aliphatic carboxylic acids is 1. The molecule has 0 aliphatic carbocycles. The molecule has 0 radical (unpaired) electrons. The van der Waals surface area contributed by atoms with Gasteiger partial charge in [0.1, 0.15) is 5.75 Å². The van der Waals surface area contributed by atoms with E-state index in [-0.39, 0.29) is 6.42 Å². The van der Waals surface area contributed by atoms with E-state index in [9.17, 15) is 4.79 Å². The first-order chi connectivity index (χ1) is 8.58. The van der Waals surface area contributed by atoms with E-state index in [4.69, 9.17) is 14.6 Å². The highest BCUT2D eigenvalue weighted by Crippen LogP contribution is 2.29. The molecule has 0 atom stereocenters. The Hall–Kier alpha value is -1.07. The predicted octanol–water partition coefficient (Wildman–Crippen LogP) is 3.01. The summed E-state index contributed by atoms with van der Waals surface area (Å²) in [6, 6.07) is 3.86. The van der Waals surface area contributed by atoms with E-state index in [1.807, 2.05) is 12.1 Å². The van der Waals surface area contributed by atoms with Gasteiger partial charge in [-0.25, -0.2) is 0 Å². The highest BCUT2D eigenvalue weighted by atomic mass is 79.9. The molecule has 0 aromatic heterocycles. The number of halogens is 1. The Morgan fingerprint density at radius 1 is 1.39 bits per heavy atom. The van der Waals surface area contributed by atoms with E-state index >= 15 is 0 Å². The van der Waals surface area contributed by atoms with Gasteiger partial charge in [-0.3, -0.25) is 4.79 Å². The summed E-state index contributed by atoms with van der Waals surface area (Å²) in [6.45, 7) is 0.484. The van der Waals surface area contributed by atoms with Gasteiger partial charge in [-0.1, -0.05) is 15.9 Å². The van der Waals surface area contributed by atoms with Crippen LogP contribution in [0.3, 0.4) is 0 Å². The maximum Gasteiger partial charge on any atom is 0.303 e. The maximum atomic E-state index is 10.5. The Morgan fingerprint density at radius 2 is 2.11 bits per heavy atom. The topological polar surface area (TPSA) is 55.8 Å². The van der Waals surface area contributed by atoms with Gasteiger partial charge in [-0.15, -0.1) is 0 Å². The first-order valence-corrected chi connectivity index (χ1v) is 6.43. The van der Waals surface area contributed by atoms with Crippen LogP contribution in [0.2, 0.25) is 0 Å². The summed E-state index contributed by atoms with van der Waals surface area (Å²) in [4.78, 5) is 10.5. The van der Waals surface area contributed by atoms with Gasteiger partial charge in [0, 0.05) is 18.0 Å². The lowest BCUT2D eigenvalue weighted by molar-refractivity contribution is -0.137. The van der Waals surface area contributed by atoms with Crippen LogP contribution < -0.4 is 4.74 Å². The van der Waals surface area contributed by atoms with Gasteiger partial charge in [-0.05, 0) is 36.1 Å². The second kappa shape index (κ2) is 7.38. The zero-order chi connectivity index (χ0) is 13.5. The molecule has 0 bridgehead atoms. The minimum absolute atomic E-state index is 0.158. The number of carboxylic acid groups (broad SMARTS) is 1. The molecular formula is C13H17BrO4. The fraction of sp³-hybridized carbons (Fsp3) is 0.462. The number of hydrogen-bond donors (Lipinski definition) is 1. The molecule has 0 heterocycles. The largest absolute Gasteiger partial charge is 0.496 e. The van der Waals surface area contributed by atoms with Crippen LogP contribution >= 0.6 is 15.9 Å². The SMILES string of the molecule is COCc1cc(Br)cc(OC)c1CCCC(=O)O. The van der Waals surface area contributed by atoms with Crippen molar-refractivity contribution in [2.24, 2.45) is 0 Å². The van der Waals surface area contributed by atoms with Crippen LogP contribution in [0.5, 0.6) is 5.75 Å². The van der Waals surface area contributed by atoms with Gasteiger partial charge in [0.2, 0.25) is 0 Å². The molecule has 1 aromatic rings. The molecule has 1 N–H and O–H groups in total. The minimum atomic E-state index is -0.778. The first kappa shape index (κ1) is 15.0. The Kier molecular flexibility index (Phi) is 6.15. The zero-order valence-corrected chi connectivity index (χ0v) is 12.1. The Labute approximate surface area is 115 Å². The molecule has 0 unspecified atom stereocenters. The number of carbonyl (C=O) groups is 1. The van der Waals surface area contributed by atoms with E-state index in [1.165, 1.54) is 0 Å². The fourth-order valence-corrected chi connectivity index (χ4v) is 2.32. The quantitative estimate of drug-likeness (QED) is 0.840. The molecule has 1 aromatic carbocycles. The summed E-state index contributed by atoms with van der Waals surface area (Å²) in [7, 11) is 3.24. The monoisotopic (exact) mass is 316 g/mol. The molecule has 100 valence electrons. The van der Waals surface area contributed by atoms with Gasteiger partial charge >= 0.3 is 5.97 Å². The highest BCUT2D eigenvalue weighted by Gasteiger charge is 2.11. The average Bonchev–Trinajstić information content (AvgIpc) is 2.31. The molecule has 0 fully saturated rings. The van der Waals surface area contributed by atoms with E-state index in [1.54, 1.807) is 14.2 Å². The second-order valence-electron chi connectivity index (χ2n) is 3.93. The molecule has 0 amide bonds. The lowest BCUT2D eigenvalue weighted by Gasteiger charge is -2.14. The van der Waals surface area contributed by atoms with Crippen molar-refractivity contribution in [1.82, 2.24) is 0 Å². The number of carboxylic acids is 1. The van der Waals surface area contributed by atoms with Crippen molar-refractivity contribution in [3.63, 3.8) is 0 Å². The number of hydrogen-bond acceptors (Lipinski definition) is 3. The number of ether oxygens (including phenoxy) is 2. The summed E-state index contributed by atoms with van der Waals surface area (Å²) in [5.41, 5.74) is 2.04. The molecule has 0 aliphatic heterocycles. The molecule has 0 saturated carbocycles. The average molecular weight is 317 g/mol. The molecular weight excluding hydrogens is 300 g/mol. The van der Waals surface area contributed by atoms with Crippen molar-refractivity contribution in [1.29, 1.82) is 0 Å². The van der Waals surface area contributed by atoms with Crippen molar-refractivity contribution in [3.05, 3.63) is 27.7 Å². The van der Waals surface area contributed by atoms with Gasteiger partial charge < -0.3 is 14.6 Å². The van der Waals surface area contributed by atoms with Crippen LogP contribution in [-0.2, 0) is 22.6 Å². The van der Waals surface area contributed by atoms with Crippen LogP contribution in [0, 0.1) is 0 Å². The van der Waals surface area contributed by atoms with Gasteiger partial charge in [0.05, 0.1) is 13.7 Å². The van der Waals surface area contributed by atoms with Crippen LogP contribution in [0.4, 0.5) is 0 Å². The zero-order valence-electron chi connectivity index (χ0n) is 10.5. The van der Waals surface area contributed by atoms with Gasteiger partial charge in [0.15, 0.2) is 0 Å². The minimum Gasteiger partial charge on any atom is -0.496 e. The highest BCUT2D eigenvalue weighted by molar-refractivity contribution is 9.10. The first-order valence-electron chi connectivity index (χ1n) is 5.64.